The number of rotatable bonds is 10. The van der Waals surface area contributed by atoms with Gasteiger partial charge in [-0.2, -0.15) is 5.26 Å². The summed E-state index contributed by atoms with van der Waals surface area (Å²) in [6.45, 7) is 7.58. The number of ether oxygens (including phenoxy) is 2. The van der Waals surface area contributed by atoms with Gasteiger partial charge in [-0.1, -0.05) is 17.7 Å². The third-order valence-electron chi connectivity index (χ3n) is 3.56. The van der Waals surface area contributed by atoms with E-state index in [0.29, 0.717) is 19.8 Å². The first kappa shape index (κ1) is 20.5. The van der Waals surface area contributed by atoms with E-state index < -0.39 is 5.91 Å². The number of hydrogen-bond donors (Lipinski definition) is 2. The molecule has 25 heavy (non-hydrogen) atoms. The summed E-state index contributed by atoms with van der Waals surface area (Å²) in [5.74, 6) is 0.319. The van der Waals surface area contributed by atoms with E-state index in [1.165, 1.54) is 6.20 Å². The lowest BCUT2D eigenvalue weighted by atomic mass is 10.0. The van der Waals surface area contributed by atoms with E-state index in [-0.39, 0.29) is 11.6 Å². The molecule has 0 radical (unpaired) electrons. The Balaban J connectivity index is 2.76. The molecule has 0 spiro atoms. The summed E-state index contributed by atoms with van der Waals surface area (Å²) >= 11 is 0. The molecule has 0 heterocycles. The van der Waals surface area contributed by atoms with E-state index in [1.54, 1.807) is 7.11 Å². The molecule has 2 N–H and O–H groups in total. The number of carbonyl (C=O) groups is 1. The van der Waals surface area contributed by atoms with Gasteiger partial charge in [-0.25, -0.2) is 0 Å². The second kappa shape index (κ2) is 11.1. The molecule has 136 valence electrons. The number of nitrogens with zero attached hydrogens (tertiary/aromatic N) is 1. The second-order valence-corrected chi connectivity index (χ2v) is 5.64. The Morgan fingerprint density at radius 1 is 1.44 bits per heavy atom. The van der Waals surface area contributed by atoms with Gasteiger partial charge >= 0.3 is 0 Å². The fourth-order valence-corrected chi connectivity index (χ4v) is 2.29. The SMILES string of the molecule is CCOc1ccc(C)cc1C(C)NC(=O)/C(C#N)=C\NCCCOC. The van der Waals surface area contributed by atoms with Crippen LogP contribution in [0.5, 0.6) is 5.75 Å². The highest BCUT2D eigenvalue weighted by atomic mass is 16.5. The molecule has 1 atom stereocenters. The fraction of sp³-hybridized carbons (Fsp3) is 0.474. The van der Waals surface area contributed by atoms with Crippen LogP contribution in [0, 0.1) is 18.3 Å². The highest BCUT2D eigenvalue weighted by molar-refractivity contribution is 5.97. The first-order valence-corrected chi connectivity index (χ1v) is 8.40. The number of benzene rings is 1. The predicted octanol–water partition coefficient (Wildman–Crippen LogP) is 2.60. The third-order valence-corrected chi connectivity index (χ3v) is 3.56. The topological polar surface area (TPSA) is 83.4 Å². The quantitative estimate of drug-likeness (QED) is 0.387. The molecule has 6 nitrogen and oxygen atoms in total. The predicted molar refractivity (Wildman–Crippen MR) is 97.1 cm³/mol. The van der Waals surface area contributed by atoms with Crippen molar-refractivity contribution in [3.05, 3.63) is 41.1 Å². The van der Waals surface area contributed by atoms with Crippen molar-refractivity contribution in [3.8, 4) is 11.8 Å². The van der Waals surface area contributed by atoms with Crippen molar-refractivity contribution in [1.82, 2.24) is 10.6 Å². The third kappa shape index (κ3) is 6.86. The van der Waals surface area contributed by atoms with Crippen LogP contribution in [0.1, 0.15) is 37.4 Å². The molecule has 1 unspecified atom stereocenters. The van der Waals surface area contributed by atoms with Crippen LogP contribution in [-0.2, 0) is 9.53 Å². The lowest BCUT2D eigenvalue weighted by molar-refractivity contribution is -0.117. The summed E-state index contributed by atoms with van der Waals surface area (Å²) in [5.41, 5.74) is 2.01. The molecule has 1 amide bonds. The van der Waals surface area contributed by atoms with Gasteiger partial charge in [0.05, 0.1) is 12.6 Å². The van der Waals surface area contributed by atoms with Gasteiger partial charge in [0, 0.05) is 32.0 Å². The van der Waals surface area contributed by atoms with Gasteiger partial charge in [-0.15, -0.1) is 0 Å². The smallest absolute Gasteiger partial charge is 0.263 e. The number of carbonyl (C=O) groups excluding carboxylic acids is 1. The maximum Gasteiger partial charge on any atom is 0.263 e. The van der Waals surface area contributed by atoms with Gasteiger partial charge in [0.25, 0.3) is 5.91 Å². The Labute approximate surface area is 149 Å². The number of aryl methyl sites for hydroxylation is 1. The molecule has 1 rings (SSSR count). The number of hydrogen-bond acceptors (Lipinski definition) is 5. The van der Waals surface area contributed by atoms with Crippen molar-refractivity contribution >= 4 is 5.91 Å². The van der Waals surface area contributed by atoms with Gasteiger partial charge in [-0.3, -0.25) is 4.79 Å². The number of nitrogens with one attached hydrogen (secondary N) is 2. The first-order chi connectivity index (χ1) is 12.0. The summed E-state index contributed by atoms with van der Waals surface area (Å²) < 4.78 is 10.6. The van der Waals surface area contributed by atoms with Crippen LogP contribution >= 0.6 is 0 Å². The summed E-state index contributed by atoms with van der Waals surface area (Å²) in [6, 6.07) is 7.49. The molecule has 0 saturated heterocycles. The molecule has 0 aliphatic heterocycles. The minimum absolute atomic E-state index is 0.0369. The average Bonchev–Trinajstić information content (AvgIpc) is 2.59. The van der Waals surface area contributed by atoms with E-state index >= 15 is 0 Å². The molecule has 1 aromatic rings. The molecular weight excluding hydrogens is 318 g/mol. The Hall–Kier alpha value is -2.52. The Morgan fingerprint density at radius 2 is 2.20 bits per heavy atom. The highest BCUT2D eigenvalue weighted by Gasteiger charge is 2.17. The van der Waals surface area contributed by atoms with E-state index in [2.05, 4.69) is 10.6 Å². The van der Waals surface area contributed by atoms with Crippen LogP contribution in [0.2, 0.25) is 0 Å². The van der Waals surface area contributed by atoms with E-state index in [4.69, 9.17) is 9.47 Å². The van der Waals surface area contributed by atoms with Gasteiger partial charge in [0.2, 0.25) is 0 Å². The van der Waals surface area contributed by atoms with Crippen molar-refractivity contribution in [1.29, 1.82) is 5.26 Å². The molecule has 1 aromatic carbocycles. The van der Waals surface area contributed by atoms with Crippen molar-refractivity contribution in [3.63, 3.8) is 0 Å². The van der Waals surface area contributed by atoms with Crippen LogP contribution in [0.15, 0.2) is 30.0 Å². The van der Waals surface area contributed by atoms with Crippen LogP contribution in [0.4, 0.5) is 0 Å². The second-order valence-electron chi connectivity index (χ2n) is 5.64. The highest BCUT2D eigenvalue weighted by Crippen LogP contribution is 2.26. The molecule has 0 fully saturated rings. The van der Waals surface area contributed by atoms with Gasteiger partial charge in [0.1, 0.15) is 17.4 Å². The largest absolute Gasteiger partial charge is 0.494 e. The standard InChI is InChI=1S/C19H27N3O3/c1-5-25-18-8-7-14(2)11-17(18)15(3)22-19(23)16(12-20)13-21-9-6-10-24-4/h7-8,11,13,15,21H,5-6,9-10H2,1-4H3,(H,22,23)/b16-13-. The van der Waals surface area contributed by atoms with Crippen molar-refractivity contribution in [2.24, 2.45) is 0 Å². The van der Waals surface area contributed by atoms with Crippen molar-refractivity contribution in [2.45, 2.75) is 33.2 Å². The van der Waals surface area contributed by atoms with Gasteiger partial charge < -0.3 is 20.1 Å². The van der Waals surface area contributed by atoms with E-state index in [9.17, 15) is 10.1 Å². The summed E-state index contributed by atoms with van der Waals surface area (Å²) in [7, 11) is 1.63. The van der Waals surface area contributed by atoms with Gasteiger partial charge in [-0.05, 0) is 33.3 Å². The summed E-state index contributed by atoms with van der Waals surface area (Å²) in [4.78, 5) is 12.3. The lowest BCUT2D eigenvalue weighted by Gasteiger charge is -2.18. The zero-order valence-electron chi connectivity index (χ0n) is 15.4. The number of methoxy groups -OCH3 is 1. The summed E-state index contributed by atoms with van der Waals surface area (Å²) in [6.07, 6.45) is 2.24. The Kier molecular flexibility index (Phi) is 9.12. The first-order valence-electron chi connectivity index (χ1n) is 8.40. The van der Waals surface area contributed by atoms with Crippen molar-refractivity contribution in [2.75, 3.05) is 26.9 Å². The zero-order chi connectivity index (χ0) is 18.7. The van der Waals surface area contributed by atoms with Crippen LogP contribution in [0.3, 0.4) is 0 Å². The molecule has 0 aromatic heterocycles. The van der Waals surface area contributed by atoms with E-state index in [1.807, 2.05) is 45.0 Å². The minimum Gasteiger partial charge on any atom is -0.494 e. The Morgan fingerprint density at radius 3 is 2.84 bits per heavy atom. The zero-order valence-corrected chi connectivity index (χ0v) is 15.4. The fourth-order valence-electron chi connectivity index (χ4n) is 2.29. The maximum absolute atomic E-state index is 12.3. The van der Waals surface area contributed by atoms with Crippen LogP contribution in [0.25, 0.3) is 0 Å². The molecule has 0 saturated carbocycles. The monoisotopic (exact) mass is 345 g/mol. The van der Waals surface area contributed by atoms with Gasteiger partial charge in [0.15, 0.2) is 0 Å². The molecule has 0 aliphatic rings. The number of amides is 1. The summed E-state index contributed by atoms with van der Waals surface area (Å²) in [5, 5.41) is 15.0. The Bertz CT molecular complexity index is 635. The molecular formula is C19H27N3O3. The van der Waals surface area contributed by atoms with Crippen LogP contribution < -0.4 is 15.4 Å². The number of nitriles is 1. The molecule has 6 heteroatoms. The molecule has 0 aliphatic carbocycles. The van der Waals surface area contributed by atoms with Crippen LogP contribution in [-0.4, -0.2) is 32.8 Å². The average molecular weight is 345 g/mol. The van der Waals surface area contributed by atoms with Crippen molar-refractivity contribution < 1.29 is 14.3 Å². The normalized spacial score (nSPS) is 12.2. The molecule has 0 bridgehead atoms. The van der Waals surface area contributed by atoms with E-state index in [0.717, 1.165) is 23.3 Å². The lowest BCUT2D eigenvalue weighted by Crippen LogP contribution is -2.29. The maximum atomic E-state index is 12.3. The minimum atomic E-state index is -0.418.